The quantitative estimate of drug-likeness (QED) is 0.747. The topological polar surface area (TPSA) is 61.8 Å². The van der Waals surface area contributed by atoms with E-state index in [0.29, 0.717) is 25.0 Å². The Hall–Kier alpha value is -0.650. The van der Waals surface area contributed by atoms with Crippen LogP contribution >= 0.6 is 0 Å². The third-order valence-electron chi connectivity index (χ3n) is 5.17. The molecule has 3 fully saturated rings. The summed E-state index contributed by atoms with van der Waals surface area (Å²) in [5, 5.41) is 12.7. The van der Waals surface area contributed by atoms with Gasteiger partial charge < -0.3 is 20.1 Å². The molecule has 2 bridgehead atoms. The van der Waals surface area contributed by atoms with Gasteiger partial charge in [0.25, 0.3) is 5.91 Å². The first kappa shape index (κ1) is 13.3. The first-order valence-electron chi connectivity index (χ1n) is 7.40. The first-order valence-corrected chi connectivity index (χ1v) is 7.40. The SMILES string of the molecule is CN1CCOC(C(=O)NC2C3CCC(C3)C2CO)C1. The van der Waals surface area contributed by atoms with E-state index in [1.165, 1.54) is 19.3 Å². The molecule has 3 rings (SSSR count). The number of hydrogen-bond donors (Lipinski definition) is 2. The van der Waals surface area contributed by atoms with Crippen molar-refractivity contribution in [3.63, 3.8) is 0 Å². The van der Waals surface area contributed by atoms with E-state index in [2.05, 4.69) is 10.2 Å². The van der Waals surface area contributed by atoms with Crippen molar-refractivity contribution in [2.24, 2.45) is 17.8 Å². The second kappa shape index (κ2) is 5.38. The number of fused-ring (bicyclic) bond motifs is 2. The van der Waals surface area contributed by atoms with Crippen molar-refractivity contribution in [2.75, 3.05) is 33.4 Å². The normalized spacial score (nSPS) is 42.5. The molecule has 0 aromatic heterocycles. The molecule has 1 saturated heterocycles. The van der Waals surface area contributed by atoms with Crippen LogP contribution < -0.4 is 5.32 Å². The lowest BCUT2D eigenvalue weighted by atomic mass is 9.85. The molecule has 5 atom stereocenters. The number of nitrogens with one attached hydrogen (secondary N) is 1. The molecule has 1 amide bonds. The molecule has 19 heavy (non-hydrogen) atoms. The Bertz CT molecular complexity index is 350. The van der Waals surface area contributed by atoms with Crippen molar-refractivity contribution in [1.29, 1.82) is 0 Å². The number of aliphatic hydroxyl groups is 1. The lowest BCUT2D eigenvalue weighted by molar-refractivity contribution is -0.139. The molecule has 0 spiro atoms. The molecule has 2 N–H and O–H groups in total. The van der Waals surface area contributed by atoms with Gasteiger partial charge in [0.05, 0.1) is 6.61 Å². The van der Waals surface area contributed by atoms with Crippen molar-refractivity contribution in [3.05, 3.63) is 0 Å². The van der Waals surface area contributed by atoms with Crippen molar-refractivity contribution in [2.45, 2.75) is 31.4 Å². The van der Waals surface area contributed by atoms with Crippen LogP contribution in [0.4, 0.5) is 0 Å². The van der Waals surface area contributed by atoms with Gasteiger partial charge in [-0.25, -0.2) is 0 Å². The zero-order chi connectivity index (χ0) is 13.4. The van der Waals surface area contributed by atoms with E-state index in [0.717, 1.165) is 6.54 Å². The number of aliphatic hydroxyl groups excluding tert-OH is 1. The highest BCUT2D eigenvalue weighted by Crippen LogP contribution is 2.48. The van der Waals surface area contributed by atoms with Gasteiger partial charge in [0, 0.05) is 31.7 Å². The summed E-state index contributed by atoms with van der Waals surface area (Å²) < 4.78 is 5.55. The average Bonchev–Trinajstić information content (AvgIpc) is 2.99. The van der Waals surface area contributed by atoms with E-state index >= 15 is 0 Å². The van der Waals surface area contributed by atoms with Crippen LogP contribution in [0.2, 0.25) is 0 Å². The van der Waals surface area contributed by atoms with Gasteiger partial charge in [-0.1, -0.05) is 0 Å². The van der Waals surface area contributed by atoms with E-state index in [1.807, 2.05) is 7.05 Å². The first-order chi connectivity index (χ1) is 9.19. The summed E-state index contributed by atoms with van der Waals surface area (Å²) in [7, 11) is 2.01. The summed E-state index contributed by atoms with van der Waals surface area (Å²) in [5.41, 5.74) is 0. The zero-order valence-corrected chi connectivity index (χ0v) is 11.5. The molecule has 5 nitrogen and oxygen atoms in total. The summed E-state index contributed by atoms with van der Waals surface area (Å²) >= 11 is 0. The van der Waals surface area contributed by atoms with Gasteiger partial charge >= 0.3 is 0 Å². The van der Waals surface area contributed by atoms with Gasteiger partial charge in [-0.3, -0.25) is 4.79 Å². The molecule has 3 aliphatic rings. The van der Waals surface area contributed by atoms with Crippen molar-refractivity contribution in [1.82, 2.24) is 10.2 Å². The molecule has 108 valence electrons. The number of nitrogens with zero attached hydrogens (tertiary/aromatic N) is 1. The molecule has 1 heterocycles. The number of likely N-dealkylation sites (N-methyl/N-ethyl adjacent to an activating group) is 1. The lowest BCUT2D eigenvalue weighted by Crippen LogP contribution is -2.53. The average molecular weight is 268 g/mol. The monoisotopic (exact) mass is 268 g/mol. The number of amides is 1. The maximum Gasteiger partial charge on any atom is 0.250 e. The van der Waals surface area contributed by atoms with Crippen molar-refractivity contribution < 1.29 is 14.6 Å². The Morgan fingerprint density at radius 3 is 2.95 bits per heavy atom. The summed E-state index contributed by atoms with van der Waals surface area (Å²) in [5.74, 6) is 1.43. The van der Waals surface area contributed by atoms with E-state index in [-0.39, 0.29) is 30.6 Å². The Morgan fingerprint density at radius 1 is 1.42 bits per heavy atom. The molecule has 2 saturated carbocycles. The smallest absolute Gasteiger partial charge is 0.250 e. The fourth-order valence-electron chi connectivity index (χ4n) is 4.09. The molecule has 1 aliphatic heterocycles. The van der Waals surface area contributed by atoms with Crippen LogP contribution in [0.5, 0.6) is 0 Å². The molecular formula is C14H24N2O3. The highest BCUT2D eigenvalue weighted by molar-refractivity contribution is 5.81. The van der Waals surface area contributed by atoms with E-state index in [9.17, 15) is 9.90 Å². The number of carbonyl (C=O) groups excluding carboxylic acids is 1. The van der Waals surface area contributed by atoms with E-state index in [1.54, 1.807) is 0 Å². The predicted octanol–water partition coefficient (Wildman–Crippen LogP) is -0.160. The number of rotatable bonds is 3. The van der Waals surface area contributed by atoms with Crippen LogP contribution in [-0.4, -0.2) is 61.4 Å². The Morgan fingerprint density at radius 2 is 2.21 bits per heavy atom. The van der Waals surface area contributed by atoms with Gasteiger partial charge in [0.15, 0.2) is 0 Å². The van der Waals surface area contributed by atoms with Crippen LogP contribution in [0.1, 0.15) is 19.3 Å². The molecule has 2 aliphatic carbocycles. The van der Waals surface area contributed by atoms with Crippen LogP contribution in [0, 0.1) is 17.8 Å². The third kappa shape index (κ3) is 2.51. The van der Waals surface area contributed by atoms with Gasteiger partial charge in [-0.2, -0.15) is 0 Å². The number of hydrogen-bond acceptors (Lipinski definition) is 4. The fourth-order valence-corrected chi connectivity index (χ4v) is 4.09. The highest BCUT2D eigenvalue weighted by Gasteiger charge is 2.48. The number of carbonyl (C=O) groups is 1. The fraction of sp³-hybridized carbons (Fsp3) is 0.929. The van der Waals surface area contributed by atoms with Crippen LogP contribution in [0.3, 0.4) is 0 Å². The molecule has 0 radical (unpaired) electrons. The van der Waals surface area contributed by atoms with Gasteiger partial charge in [0.1, 0.15) is 6.10 Å². The minimum atomic E-state index is -0.350. The summed E-state index contributed by atoms with van der Waals surface area (Å²) in [6.07, 6.45) is 3.22. The highest BCUT2D eigenvalue weighted by atomic mass is 16.5. The minimum absolute atomic E-state index is 0.00236. The second-order valence-electron chi connectivity index (χ2n) is 6.34. The Labute approximate surface area is 114 Å². The van der Waals surface area contributed by atoms with Gasteiger partial charge in [-0.15, -0.1) is 0 Å². The number of morpholine rings is 1. The maximum absolute atomic E-state index is 12.3. The Kier molecular flexibility index (Phi) is 3.78. The van der Waals surface area contributed by atoms with E-state index < -0.39 is 0 Å². The Balaban J connectivity index is 1.59. The second-order valence-corrected chi connectivity index (χ2v) is 6.34. The maximum atomic E-state index is 12.3. The summed E-state index contributed by atoms with van der Waals surface area (Å²) in [6.45, 7) is 2.36. The van der Waals surface area contributed by atoms with E-state index in [4.69, 9.17) is 4.74 Å². The molecule has 0 aromatic rings. The zero-order valence-electron chi connectivity index (χ0n) is 11.5. The third-order valence-corrected chi connectivity index (χ3v) is 5.17. The van der Waals surface area contributed by atoms with Gasteiger partial charge in [0.2, 0.25) is 0 Å². The standard InChI is InChI=1S/C14H24N2O3/c1-16-4-5-19-12(7-16)14(18)15-13-10-3-2-9(6-10)11(13)8-17/h9-13,17H,2-8H2,1H3,(H,15,18). The van der Waals surface area contributed by atoms with Crippen LogP contribution in [-0.2, 0) is 9.53 Å². The lowest BCUT2D eigenvalue weighted by Gasteiger charge is -2.34. The predicted molar refractivity (Wildman–Crippen MR) is 70.6 cm³/mol. The summed E-state index contributed by atoms with van der Waals surface area (Å²) in [6, 6.07) is 0.159. The molecular weight excluding hydrogens is 244 g/mol. The van der Waals surface area contributed by atoms with Gasteiger partial charge in [-0.05, 0) is 38.1 Å². The molecule has 5 unspecified atom stereocenters. The van der Waals surface area contributed by atoms with Crippen LogP contribution in [0.25, 0.3) is 0 Å². The summed E-state index contributed by atoms with van der Waals surface area (Å²) in [4.78, 5) is 14.4. The van der Waals surface area contributed by atoms with Crippen molar-refractivity contribution >= 4 is 5.91 Å². The molecule has 5 heteroatoms. The van der Waals surface area contributed by atoms with Crippen molar-refractivity contribution in [3.8, 4) is 0 Å². The minimum Gasteiger partial charge on any atom is -0.396 e. The largest absolute Gasteiger partial charge is 0.396 e. The van der Waals surface area contributed by atoms with Crippen LogP contribution in [0.15, 0.2) is 0 Å². The number of ether oxygens (including phenoxy) is 1. The molecule has 0 aromatic carbocycles.